The zero-order valence-electron chi connectivity index (χ0n) is 13.4. The van der Waals surface area contributed by atoms with Crippen molar-refractivity contribution in [2.24, 2.45) is 0 Å². The second kappa shape index (κ2) is 7.17. The van der Waals surface area contributed by atoms with Crippen LogP contribution < -0.4 is 10.2 Å². The van der Waals surface area contributed by atoms with Crippen molar-refractivity contribution in [1.82, 2.24) is 15.4 Å². The van der Waals surface area contributed by atoms with E-state index in [0.29, 0.717) is 19.6 Å². The van der Waals surface area contributed by atoms with Crippen LogP contribution in [0.5, 0.6) is 0 Å². The van der Waals surface area contributed by atoms with E-state index in [-0.39, 0.29) is 6.03 Å². The average Bonchev–Trinajstić information content (AvgIpc) is 3.02. The molecule has 2 amide bonds. The molecule has 0 unspecified atom stereocenters. The third-order valence-electron chi connectivity index (χ3n) is 4.04. The van der Waals surface area contributed by atoms with Crippen LogP contribution in [0.2, 0.25) is 0 Å². The van der Waals surface area contributed by atoms with Gasteiger partial charge in [-0.05, 0) is 18.9 Å². The number of aryl methyl sites for hydroxylation is 1. The highest BCUT2D eigenvalue weighted by Crippen LogP contribution is 2.15. The van der Waals surface area contributed by atoms with E-state index >= 15 is 0 Å². The van der Waals surface area contributed by atoms with Crippen molar-refractivity contribution in [3.05, 3.63) is 47.7 Å². The van der Waals surface area contributed by atoms with Crippen molar-refractivity contribution in [3.8, 4) is 0 Å². The minimum absolute atomic E-state index is 0.0110. The van der Waals surface area contributed by atoms with Crippen LogP contribution in [0.25, 0.3) is 0 Å². The first kappa shape index (κ1) is 15.4. The van der Waals surface area contributed by atoms with Crippen molar-refractivity contribution < 1.29 is 9.32 Å². The highest BCUT2D eigenvalue weighted by atomic mass is 16.5. The molecule has 1 aromatic carbocycles. The van der Waals surface area contributed by atoms with E-state index in [9.17, 15) is 4.79 Å². The second-order valence-corrected chi connectivity index (χ2v) is 5.74. The number of benzene rings is 1. The molecule has 3 rings (SSSR count). The zero-order valence-corrected chi connectivity index (χ0v) is 13.4. The summed E-state index contributed by atoms with van der Waals surface area (Å²) in [5.41, 5.74) is 1.24. The number of urea groups is 1. The molecular weight excluding hydrogens is 292 g/mol. The Labute approximate surface area is 136 Å². The molecule has 0 saturated carbocycles. The average molecular weight is 314 g/mol. The predicted molar refractivity (Wildman–Crippen MR) is 88.6 cm³/mol. The molecule has 1 saturated heterocycles. The Hall–Kier alpha value is -2.50. The van der Waals surface area contributed by atoms with Gasteiger partial charge in [0.1, 0.15) is 5.76 Å². The summed E-state index contributed by atoms with van der Waals surface area (Å²) >= 11 is 0. The number of carbonyl (C=O) groups excluding carboxylic acids is 1. The molecule has 1 aromatic heterocycles. The quantitative estimate of drug-likeness (QED) is 0.938. The number of rotatable bonds is 4. The Kier molecular flexibility index (Phi) is 4.80. The van der Waals surface area contributed by atoms with Crippen LogP contribution in [0.15, 0.2) is 40.9 Å². The summed E-state index contributed by atoms with van der Waals surface area (Å²) in [5.74, 6) is 1.66. The molecule has 0 spiro atoms. The standard InChI is InChI=1S/C17H22N4O2/c1-14-13-16(19-23-14)20-9-11-21(12-10-20)17(22)18-8-7-15-5-3-2-4-6-15/h2-6,13H,7-12H2,1H3,(H,18,22). The summed E-state index contributed by atoms with van der Waals surface area (Å²) in [6.45, 7) is 5.49. The van der Waals surface area contributed by atoms with Gasteiger partial charge in [-0.15, -0.1) is 0 Å². The monoisotopic (exact) mass is 314 g/mol. The molecular formula is C17H22N4O2. The van der Waals surface area contributed by atoms with Crippen LogP contribution in [-0.2, 0) is 6.42 Å². The Morgan fingerprint density at radius 3 is 2.61 bits per heavy atom. The topological polar surface area (TPSA) is 61.6 Å². The maximum absolute atomic E-state index is 12.2. The summed E-state index contributed by atoms with van der Waals surface area (Å²) in [6, 6.07) is 12.1. The lowest BCUT2D eigenvalue weighted by Crippen LogP contribution is -2.52. The third kappa shape index (κ3) is 4.03. The molecule has 0 aliphatic carbocycles. The smallest absolute Gasteiger partial charge is 0.317 e. The van der Waals surface area contributed by atoms with Crippen molar-refractivity contribution in [2.45, 2.75) is 13.3 Å². The SMILES string of the molecule is Cc1cc(N2CCN(C(=O)NCCc3ccccc3)CC2)no1. The van der Waals surface area contributed by atoms with Crippen LogP contribution in [-0.4, -0.2) is 48.8 Å². The molecule has 0 bridgehead atoms. The fourth-order valence-electron chi connectivity index (χ4n) is 2.71. The maximum Gasteiger partial charge on any atom is 0.317 e. The van der Waals surface area contributed by atoms with Gasteiger partial charge >= 0.3 is 6.03 Å². The molecule has 6 heteroatoms. The van der Waals surface area contributed by atoms with Crippen molar-refractivity contribution in [1.29, 1.82) is 0 Å². The van der Waals surface area contributed by atoms with Crippen LogP contribution >= 0.6 is 0 Å². The van der Waals surface area contributed by atoms with Crippen LogP contribution in [0.1, 0.15) is 11.3 Å². The summed E-state index contributed by atoms with van der Waals surface area (Å²) in [6.07, 6.45) is 0.852. The van der Waals surface area contributed by atoms with E-state index < -0.39 is 0 Å². The van der Waals surface area contributed by atoms with E-state index in [1.807, 2.05) is 36.1 Å². The molecule has 122 valence electrons. The number of piperazine rings is 1. The molecule has 2 aromatic rings. The van der Waals surface area contributed by atoms with Crippen molar-refractivity contribution in [3.63, 3.8) is 0 Å². The number of nitrogens with one attached hydrogen (secondary N) is 1. The normalized spacial score (nSPS) is 14.8. The molecule has 0 atom stereocenters. The van der Waals surface area contributed by atoms with Gasteiger partial charge < -0.3 is 19.6 Å². The molecule has 1 aliphatic heterocycles. The van der Waals surface area contributed by atoms with Crippen molar-refractivity contribution >= 4 is 11.8 Å². The number of hydrogen-bond acceptors (Lipinski definition) is 4. The Balaban J connectivity index is 1.41. The molecule has 0 radical (unpaired) electrons. The van der Waals surface area contributed by atoms with E-state index in [1.165, 1.54) is 5.56 Å². The maximum atomic E-state index is 12.2. The molecule has 2 heterocycles. The van der Waals surface area contributed by atoms with E-state index in [0.717, 1.165) is 31.1 Å². The van der Waals surface area contributed by atoms with Gasteiger partial charge in [-0.25, -0.2) is 4.79 Å². The van der Waals surface area contributed by atoms with Crippen molar-refractivity contribution in [2.75, 3.05) is 37.6 Å². The van der Waals surface area contributed by atoms with Crippen LogP contribution in [0.4, 0.5) is 10.6 Å². The summed E-state index contributed by atoms with van der Waals surface area (Å²) < 4.78 is 5.10. The van der Waals surface area contributed by atoms with Crippen LogP contribution in [0.3, 0.4) is 0 Å². The van der Waals surface area contributed by atoms with Gasteiger partial charge in [0.05, 0.1) is 0 Å². The lowest BCUT2D eigenvalue weighted by molar-refractivity contribution is 0.194. The van der Waals surface area contributed by atoms with Gasteiger partial charge in [0.25, 0.3) is 0 Å². The van der Waals surface area contributed by atoms with E-state index in [2.05, 4.69) is 27.5 Å². The first-order valence-corrected chi connectivity index (χ1v) is 7.97. The van der Waals surface area contributed by atoms with Gasteiger partial charge in [-0.1, -0.05) is 35.5 Å². The molecule has 23 heavy (non-hydrogen) atoms. The number of nitrogens with zero attached hydrogens (tertiary/aromatic N) is 3. The predicted octanol–water partition coefficient (Wildman–Crippen LogP) is 2.06. The van der Waals surface area contributed by atoms with Gasteiger partial charge in [-0.2, -0.15) is 0 Å². The summed E-state index contributed by atoms with van der Waals surface area (Å²) in [5, 5.41) is 7.02. The van der Waals surface area contributed by atoms with Gasteiger partial charge in [-0.3, -0.25) is 0 Å². The Bertz CT molecular complexity index is 633. The number of aromatic nitrogens is 1. The molecule has 6 nitrogen and oxygen atoms in total. The lowest BCUT2D eigenvalue weighted by atomic mass is 10.1. The van der Waals surface area contributed by atoms with Gasteiger partial charge in [0.2, 0.25) is 0 Å². The highest BCUT2D eigenvalue weighted by Gasteiger charge is 2.22. The second-order valence-electron chi connectivity index (χ2n) is 5.74. The third-order valence-corrected chi connectivity index (χ3v) is 4.04. The fourth-order valence-corrected chi connectivity index (χ4v) is 2.71. The van der Waals surface area contributed by atoms with Gasteiger partial charge in [0, 0.05) is 38.8 Å². The number of anilines is 1. The molecule has 1 fully saturated rings. The Morgan fingerprint density at radius 1 is 1.22 bits per heavy atom. The van der Waals surface area contributed by atoms with Gasteiger partial charge in [0.15, 0.2) is 5.82 Å². The summed E-state index contributed by atoms with van der Waals surface area (Å²) in [7, 11) is 0. The number of hydrogen-bond donors (Lipinski definition) is 1. The van der Waals surface area contributed by atoms with E-state index in [4.69, 9.17) is 4.52 Å². The summed E-state index contributed by atoms with van der Waals surface area (Å²) in [4.78, 5) is 16.2. The molecule has 1 N–H and O–H groups in total. The highest BCUT2D eigenvalue weighted by molar-refractivity contribution is 5.74. The first-order chi connectivity index (χ1) is 11.2. The Morgan fingerprint density at radius 2 is 1.96 bits per heavy atom. The number of amides is 2. The molecule has 1 aliphatic rings. The minimum Gasteiger partial charge on any atom is -0.360 e. The first-order valence-electron chi connectivity index (χ1n) is 7.97. The fraction of sp³-hybridized carbons (Fsp3) is 0.412. The van der Waals surface area contributed by atoms with E-state index in [1.54, 1.807) is 0 Å². The lowest BCUT2D eigenvalue weighted by Gasteiger charge is -2.34. The number of carbonyl (C=O) groups is 1. The largest absolute Gasteiger partial charge is 0.360 e. The van der Waals surface area contributed by atoms with Crippen LogP contribution in [0, 0.1) is 6.92 Å². The zero-order chi connectivity index (χ0) is 16.1. The minimum atomic E-state index is 0.0110.